The van der Waals surface area contributed by atoms with Crippen molar-refractivity contribution in [3.8, 4) is 11.4 Å². The smallest absolute Gasteiger partial charge is 0.218 e. The van der Waals surface area contributed by atoms with Crippen LogP contribution in [0.3, 0.4) is 0 Å². The van der Waals surface area contributed by atoms with E-state index < -0.39 is 0 Å². The van der Waals surface area contributed by atoms with Crippen LogP contribution in [0.5, 0.6) is 0 Å². The highest BCUT2D eigenvalue weighted by atomic mass is 35.5. The molecule has 0 saturated carbocycles. The quantitative estimate of drug-likeness (QED) is 0.392. The fourth-order valence-electron chi connectivity index (χ4n) is 3.56. The lowest BCUT2D eigenvalue weighted by Gasteiger charge is -2.21. The molecule has 5 aromatic rings. The van der Waals surface area contributed by atoms with E-state index >= 15 is 0 Å². The van der Waals surface area contributed by atoms with Gasteiger partial charge in [0.05, 0.1) is 5.52 Å². The molecule has 0 N–H and O–H groups in total. The molecular formula is C23H18ClN5. The van der Waals surface area contributed by atoms with Crippen molar-refractivity contribution in [1.82, 2.24) is 19.6 Å². The number of benzene rings is 3. The Morgan fingerprint density at radius 2 is 1.72 bits per heavy atom. The Hall–Kier alpha value is -3.44. The Balaban J connectivity index is 1.86. The molecule has 5 rings (SSSR count). The molecule has 0 amide bonds. The Morgan fingerprint density at radius 1 is 0.897 bits per heavy atom. The van der Waals surface area contributed by atoms with E-state index in [1.54, 1.807) is 0 Å². The van der Waals surface area contributed by atoms with Crippen LogP contribution < -0.4 is 4.90 Å². The number of halogens is 1. The number of fused-ring (bicyclic) bond motifs is 3. The van der Waals surface area contributed by atoms with Gasteiger partial charge in [-0.1, -0.05) is 53.6 Å². The molecule has 142 valence electrons. The van der Waals surface area contributed by atoms with Gasteiger partial charge in [0, 0.05) is 28.7 Å². The van der Waals surface area contributed by atoms with E-state index in [9.17, 15) is 0 Å². The summed E-state index contributed by atoms with van der Waals surface area (Å²) in [5.74, 6) is 1.48. The zero-order valence-electron chi connectivity index (χ0n) is 16.0. The summed E-state index contributed by atoms with van der Waals surface area (Å²) in [6.07, 6.45) is 0. The van der Waals surface area contributed by atoms with Gasteiger partial charge in [0.2, 0.25) is 5.95 Å². The lowest BCUT2D eigenvalue weighted by atomic mass is 10.1. The maximum atomic E-state index is 6.24. The second kappa shape index (κ2) is 6.87. The molecule has 0 aliphatic heterocycles. The number of hydrogen-bond acceptors (Lipinski definition) is 4. The standard InChI is InChI=1S/C23H18ClN5/c1-15-7-6-8-16(13-15)21-26-27-22-19-12-11-17(24)14-20(19)25-23(29(21)22)28(2)18-9-4-3-5-10-18/h3-14H,1-2H3. The maximum Gasteiger partial charge on any atom is 0.218 e. The molecule has 0 aliphatic carbocycles. The highest BCUT2D eigenvalue weighted by Crippen LogP contribution is 2.32. The first-order valence-corrected chi connectivity index (χ1v) is 9.70. The average molecular weight is 400 g/mol. The first-order chi connectivity index (χ1) is 14.1. The molecule has 3 aromatic carbocycles. The fourth-order valence-corrected chi connectivity index (χ4v) is 3.72. The van der Waals surface area contributed by atoms with Crippen LogP contribution in [0.25, 0.3) is 27.9 Å². The monoisotopic (exact) mass is 399 g/mol. The Labute approximate surface area is 173 Å². The van der Waals surface area contributed by atoms with Crippen molar-refractivity contribution in [2.24, 2.45) is 0 Å². The number of rotatable bonds is 3. The third kappa shape index (κ3) is 3.00. The van der Waals surface area contributed by atoms with Gasteiger partial charge in [-0.15, -0.1) is 10.2 Å². The highest BCUT2D eigenvalue weighted by molar-refractivity contribution is 6.31. The topological polar surface area (TPSA) is 46.3 Å². The predicted octanol–water partition coefficient (Wildman–Crippen LogP) is 5.67. The van der Waals surface area contributed by atoms with Gasteiger partial charge >= 0.3 is 0 Å². The molecule has 0 spiro atoms. The molecule has 0 fully saturated rings. The molecule has 0 unspecified atom stereocenters. The minimum absolute atomic E-state index is 0.640. The van der Waals surface area contributed by atoms with Crippen molar-refractivity contribution in [1.29, 1.82) is 0 Å². The number of nitrogens with zero attached hydrogens (tertiary/aromatic N) is 5. The van der Waals surface area contributed by atoms with Crippen LogP contribution >= 0.6 is 11.6 Å². The molecule has 29 heavy (non-hydrogen) atoms. The zero-order chi connectivity index (χ0) is 20.0. The Bertz CT molecular complexity index is 1340. The summed E-state index contributed by atoms with van der Waals surface area (Å²) in [5.41, 5.74) is 4.71. The molecule has 0 saturated heterocycles. The first-order valence-electron chi connectivity index (χ1n) is 9.32. The normalized spacial score (nSPS) is 11.3. The molecule has 0 bridgehead atoms. The summed E-state index contributed by atoms with van der Waals surface area (Å²) < 4.78 is 2.01. The van der Waals surface area contributed by atoms with Crippen LogP contribution in [0.4, 0.5) is 11.6 Å². The van der Waals surface area contributed by atoms with Gasteiger partial charge in [0.1, 0.15) is 0 Å². The second-order valence-electron chi connectivity index (χ2n) is 7.02. The summed E-state index contributed by atoms with van der Waals surface area (Å²) in [7, 11) is 1.99. The van der Waals surface area contributed by atoms with Gasteiger partial charge in [-0.3, -0.25) is 0 Å². The number of para-hydroxylation sites is 1. The molecule has 0 atom stereocenters. The van der Waals surface area contributed by atoms with Crippen molar-refractivity contribution in [3.63, 3.8) is 0 Å². The van der Waals surface area contributed by atoms with Crippen LogP contribution in [0.15, 0.2) is 72.8 Å². The van der Waals surface area contributed by atoms with E-state index in [1.807, 2.05) is 77.0 Å². The van der Waals surface area contributed by atoms with Crippen LogP contribution in [0.2, 0.25) is 5.02 Å². The van der Waals surface area contributed by atoms with Crippen molar-refractivity contribution in [3.05, 3.63) is 83.4 Å². The van der Waals surface area contributed by atoms with E-state index in [4.69, 9.17) is 16.6 Å². The molecule has 2 aromatic heterocycles. The first kappa shape index (κ1) is 17.6. The summed E-state index contributed by atoms with van der Waals surface area (Å²) in [6, 6.07) is 24.0. The molecular weight excluding hydrogens is 382 g/mol. The lowest BCUT2D eigenvalue weighted by Crippen LogP contribution is -2.16. The van der Waals surface area contributed by atoms with E-state index in [2.05, 4.69) is 29.3 Å². The van der Waals surface area contributed by atoms with Gasteiger partial charge in [-0.05, 0) is 43.3 Å². The van der Waals surface area contributed by atoms with Crippen LogP contribution in [0.1, 0.15) is 5.56 Å². The van der Waals surface area contributed by atoms with Gasteiger partial charge in [0.15, 0.2) is 11.5 Å². The molecule has 0 aliphatic rings. The average Bonchev–Trinajstić information content (AvgIpc) is 3.18. The Kier molecular flexibility index (Phi) is 4.18. The largest absolute Gasteiger partial charge is 0.315 e. The molecule has 2 heterocycles. The number of aryl methyl sites for hydroxylation is 1. The van der Waals surface area contributed by atoms with Crippen molar-refractivity contribution in [2.75, 3.05) is 11.9 Å². The second-order valence-corrected chi connectivity index (χ2v) is 7.46. The SMILES string of the molecule is Cc1cccc(-c2nnc3c4ccc(Cl)cc4nc(N(C)c4ccccc4)n23)c1. The van der Waals surface area contributed by atoms with E-state index in [0.29, 0.717) is 5.02 Å². The number of aromatic nitrogens is 4. The highest BCUT2D eigenvalue weighted by Gasteiger charge is 2.19. The minimum Gasteiger partial charge on any atom is -0.315 e. The van der Waals surface area contributed by atoms with Crippen LogP contribution in [0, 0.1) is 6.92 Å². The van der Waals surface area contributed by atoms with Crippen LogP contribution in [-0.4, -0.2) is 26.6 Å². The van der Waals surface area contributed by atoms with Crippen molar-refractivity contribution >= 4 is 39.8 Å². The summed E-state index contributed by atoms with van der Waals surface area (Å²) in [4.78, 5) is 6.98. The predicted molar refractivity (Wildman–Crippen MR) is 118 cm³/mol. The molecule has 0 radical (unpaired) electrons. The van der Waals surface area contributed by atoms with E-state index in [1.165, 1.54) is 0 Å². The fraction of sp³-hybridized carbons (Fsp3) is 0.0870. The number of hydrogen-bond donors (Lipinski definition) is 0. The van der Waals surface area contributed by atoms with Gasteiger partial charge in [-0.2, -0.15) is 0 Å². The van der Waals surface area contributed by atoms with Crippen LogP contribution in [-0.2, 0) is 0 Å². The van der Waals surface area contributed by atoms with E-state index in [-0.39, 0.29) is 0 Å². The third-order valence-corrected chi connectivity index (χ3v) is 5.24. The van der Waals surface area contributed by atoms with Gasteiger partial charge in [-0.25, -0.2) is 9.38 Å². The number of anilines is 2. The van der Waals surface area contributed by atoms with Crippen molar-refractivity contribution < 1.29 is 0 Å². The summed E-state index contributed by atoms with van der Waals surface area (Å²) >= 11 is 6.24. The lowest BCUT2D eigenvalue weighted by molar-refractivity contribution is 1.01. The van der Waals surface area contributed by atoms with Gasteiger partial charge in [0.25, 0.3) is 0 Å². The maximum absolute atomic E-state index is 6.24. The third-order valence-electron chi connectivity index (χ3n) is 5.00. The Morgan fingerprint density at radius 3 is 2.52 bits per heavy atom. The summed E-state index contributed by atoms with van der Waals surface area (Å²) in [6.45, 7) is 2.07. The van der Waals surface area contributed by atoms with Gasteiger partial charge < -0.3 is 4.90 Å². The minimum atomic E-state index is 0.640. The van der Waals surface area contributed by atoms with Crippen molar-refractivity contribution in [2.45, 2.75) is 6.92 Å². The summed E-state index contributed by atoms with van der Waals surface area (Å²) in [5, 5.41) is 10.6. The zero-order valence-corrected chi connectivity index (χ0v) is 16.8. The molecule has 5 nitrogen and oxygen atoms in total. The molecule has 6 heteroatoms. The van der Waals surface area contributed by atoms with E-state index in [0.717, 1.165) is 45.1 Å².